The van der Waals surface area contributed by atoms with Crippen LogP contribution < -0.4 is 10.9 Å². The van der Waals surface area contributed by atoms with Gasteiger partial charge in [0.2, 0.25) is 0 Å². The quantitative estimate of drug-likeness (QED) is 0.791. The summed E-state index contributed by atoms with van der Waals surface area (Å²) in [4.78, 5) is 29.6. The molecule has 7 nitrogen and oxygen atoms in total. The van der Waals surface area contributed by atoms with Crippen molar-refractivity contribution in [2.24, 2.45) is 0 Å². The number of hydrogen-bond donors (Lipinski definition) is 3. The Bertz CT molecular complexity index is 794. The molecule has 1 unspecified atom stereocenters. The summed E-state index contributed by atoms with van der Waals surface area (Å²) in [5.41, 5.74) is -3.00. The standard InChI is InChI=1S/C14H16F3N5O2/c1-6(2)10-20-11(22-21-10)7(3)18-13(24)9-5-4-8(12(23)19-9)14(15,16)17/h4-7H,1-3H3,(H,18,24)(H,19,23)(H,20,21,22). The largest absolute Gasteiger partial charge is 0.421 e. The molecule has 1 atom stereocenters. The van der Waals surface area contributed by atoms with Crippen LogP contribution in [0.1, 0.15) is 60.4 Å². The van der Waals surface area contributed by atoms with Crippen LogP contribution >= 0.6 is 0 Å². The van der Waals surface area contributed by atoms with Crippen molar-refractivity contribution in [3.8, 4) is 0 Å². The third-order valence-electron chi connectivity index (χ3n) is 3.25. The third-order valence-corrected chi connectivity index (χ3v) is 3.25. The number of aromatic nitrogens is 4. The van der Waals surface area contributed by atoms with Gasteiger partial charge in [0.25, 0.3) is 11.5 Å². The fourth-order valence-electron chi connectivity index (χ4n) is 1.91. The van der Waals surface area contributed by atoms with Gasteiger partial charge in [-0.15, -0.1) is 0 Å². The highest BCUT2D eigenvalue weighted by Gasteiger charge is 2.34. The Kier molecular flexibility index (Phi) is 4.76. The van der Waals surface area contributed by atoms with Crippen molar-refractivity contribution in [3.63, 3.8) is 0 Å². The minimum Gasteiger partial charge on any atom is -0.341 e. The first-order valence-electron chi connectivity index (χ1n) is 7.13. The van der Waals surface area contributed by atoms with Crippen LogP contribution in [-0.2, 0) is 6.18 Å². The van der Waals surface area contributed by atoms with Crippen LogP contribution in [0.3, 0.4) is 0 Å². The number of amides is 1. The topological polar surface area (TPSA) is 104 Å². The lowest BCUT2D eigenvalue weighted by atomic mass is 10.2. The molecule has 0 fully saturated rings. The molecule has 130 valence electrons. The van der Waals surface area contributed by atoms with E-state index in [1.54, 1.807) is 6.92 Å². The van der Waals surface area contributed by atoms with E-state index in [2.05, 4.69) is 20.5 Å². The van der Waals surface area contributed by atoms with Gasteiger partial charge < -0.3 is 10.3 Å². The molecule has 0 aromatic carbocycles. The lowest BCUT2D eigenvalue weighted by Crippen LogP contribution is -2.31. The van der Waals surface area contributed by atoms with Gasteiger partial charge in [0, 0.05) is 5.92 Å². The second kappa shape index (κ2) is 6.46. The summed E-state index contributed by atoms with van der Waals surface area (Å²) in [6.07, 6.45) is -4.77. The molecule has 2 rings (SSSR count). The SMILES string of the molecule is CC(C)c1n[nH]c(C(C)NC(=O)c2ccc(C(F)(F)F)c(=O)[nH]2)n1. The summed E-state index contributed by atoms with van der Waals surface area (Å²) in [6.45, 7) is 5.44. The van der Waals surface area contributed by atoms with Crippen molar-refractivity contribution in [2.75, 3.05) is 0 Å². The zero-order chi connectivity index (χ0) is 18.1. The summed E-state index contributed by atoms with van der Waals surface area (Å²) in [7, 11) is 0. The molecule has 0 aliphatic heterocycles. The fourth-order valence-corrected chi connectivity index (χ4v) is 1.91. The van der Waals surface area contributed by atoms with E-state index in [9.17, 15) is 22.8 Å². The lowest BCUT2D eigenvalue weighted by Gasteiger charge is -2.11. The van der Waals surface area contributed by atoms with Gasteiger partial charge in [-0.1, -0.05) is 13.8 Å². The summed E-state index contributed by atoms with van der Waals surface area (Å²) < 4.78 is 37.6. The molecule has 24 heavy (non-hydrogen) atoms. The Morgan fingerprint density at radius 2 is 1.92 bits per heavy atom. The summed E-state index contributed by atoms with van der Waals surface area (Å²) in [5.74, 6) is 0.357. The van der Waals surface area contributed by atoms with Crippen LogP contribution in [0, 0.1) is 0 Å². The third kappa shape index (κ3) is 3.81. The van der Waals surface area contributed by atoms with Gasteiger partial charge in [-0.25, -0.2) is 4.98 Å². The Morgan fingerprint density at radius 3 is 2.42 bits per heavy atom. The Hall–Kier alpha value is -2.65. The lowest BCUT2D eigenvalue weighted by molar-refractivity contribution is -0.138. The number of aromatic amines is 2. The van der Waals surface area contributed by atoms with Gasteiger partial charge in [0.15, 0.2) is 5.82 Å². The zero-order valence-corrected chi connectivity index (χ0v) is 13.2. The molecule has 0 spiro atoms. The monoisotopic (exact) mass is 343 g/mol. The highest BCUT2D eigenvalue weighted by molar-refractivity contribution is 5.92. The average Bonchev–Trinajstić information content (AvgIpc) is 2.95. The first-order valence-corrected chi connectivity index (χ1v) is 7.13. The van der Waals surface area contributed by atoms with E-state index in [0.717, 1.165) is 6.07 Å². The van der Waals surface area contributed by atoms with E-state index in [-0.39, 0.29) is 11.6 Å². The number of nitrogens with one attached hydrogen (secondary N) is 3. The van der Waals surface area contributed by atoms with Gasteiger partial charge in [-0.2, -0.15) is 18.3 Å². The predicted molar refractivity (Wildman–Crippen MR) is 78.4 cm³/mol. The number of rotatable bonds is 4. The van der Waals surface area contributed by atoms with Gasteiger partial charge in [0.05, 0.1) is 6.04 Å². The molecule has 0 radical (unpaired) electrons. The maximum atomic E-state index is 12.5. The Morgan fingerprint density at radius 1 is 1.25 bits per heavy atom. The molecular weight excluding hydrogens is 327 g/mol. The molecule has 0 saturated carbocycles. The minimum absolute atomic E-state index is 0.101. The van der Waals surface area contributed by atoms with Crippen LogP contribution in [0.15, 0.2) is 16.9 Å². The van der Waals surface area contributed by atoms with Crippen LogP contribution in [0.5, 0.6) is 0 Å². The van der Waals surface area contributed by atoms with E-state index >= 15 is 0 Å². The van der Waals surface area contributed by atoms with E-state index < -0.39 is 29.2 Å². The average molecular weight is 343 g/mol. The Labute approximate surface area is 134 Å². The molecule has 0 saturated heterocycles. The number of H-pyrrole nitrogens is 2. The number of nitrogens with zero attached hydrogens (tertiary/aromatic N) is 2. The molecule has 2 heterocycles. The van der Waals surface area contributed by atoms with Gasteiger partial charge in [0.1, 0.15) is 17.1 Å². The molecule has 1 amide bonds. The molecule has 0 aliphatic carbocycles. The van der Waals surface area contributed by atoms with Crippen molar-refractivity contribution in [3.05, 3.63) is 45.4 Å². The van der Waals surface area contributed by atoms with E-state index in [0.29, 0.717) is 17.7 Å². The van der Waals surface area contributed by atoms with Gasteiger partial charge in [-0.3, -0.25) is 14.7 Å². The van der Waals surface area contributed by atoms with Crippen LogP contribution in [0.25, 0.3) is 0 Å². The predicted octanol–water partition coefficient (Wildman–Crippen LogP) is 2.13. The van der Waals surface area contributed by atoms with Crippen molar-refractivity contribution >= 4 is 5.91 Å². The highest BCUT2D eigenvalue weighted by atomic mass is 19.4. The van der Waals surface area contributed by atoms with Crippen LogP contribution in [-0.4, -0.2) is 26.1 Å². The molecule has 10 heteroatoms. The van der Waals surface area contributed by atoms with E-state index in [1.165, 1.54) is 0 Å². The van der Waals surface area contributed by atoms with Crippen LogP contribution in [0.2, 0.25) is 0 Å². The normalized spacial score (nSPS) is 13.1. The summed E-state index contributed by atoms with van der Waals surface area (Å²) in [6, 6.07) is 0.916. The molecule has 0 aliphatic rings. The highest BCUT2D eigenvalue weighted by Crippen LogP contribution is 2.26. The second-order valence-electron chi connectivity index (χ2n) is 5.54. The number of carbonyl (C=O) groups excluding carboxylic acids is 1. The van der Waals surface area contributed by atoms with Gasteiger partial charge >= 0.3 is 6.18 Å². The number of halogens is 3. The zero-order valence-electron chi connectivity index (χ0n) is 13.2. The number of pyridine rings is 1. The fraction of sp³-hybridized carbons (Fsp3) is 0.429. The van der Waals surface area contributed by atoms with Crippen molar-refractivity contribution in [1.29, 1.82) is 0 Å². The summed E-state index contributed by atoms with van der Waals surface area (Å²) in [5, 5.41) is 9.21. The molecule has 3 N–H and O–H groups in total. The molecule has 2 aromatic heterocycles. The minimum atomic E-state index is -4.77. The molecule has 2 aromatic rings. The molecular formula is C14H16F3N5O2. The number of hydrogen-bond acceptors (Lipinski definition) is 4. The number of carbonyl (C=O) groups is 1. The van der Waals surface area contributed by atoms with E-state index in [1.807, 2.05) is 18.8 Å². The maximum absolute atomic E-state index is 12.5. The van der Waals surface area contributed by atoms with Crippen molar-refractivity contribution in [2.45, 2.75) is 38.9 Å². The first-order chi connectivity index (χ1) is 11.1. The Balaban J connectivity index is 2.14. The van der Waals surface area contributed by atoms with Gasteiger partial charge in [-0.05, 0) is 19.1 Å². The van der Waals surface area contributed by atoms with Crippen LogP contribution in [0.4, 0.5) is 13.2 Å². The van der Waals surface area contributed by atoms with Crippen molar-refractivity contribution in [1.82, 2.24) is 25.5 Å². The number of alkyl halides is 3. The first kappa shape index (κ1) is 17.7. The second-order valence-corrected chi connectivity index (χ2v) is 5.54. The van der Waals surface area contributed by atoms with Crippen molar-refractivity contribution < 1.29 is 18.0 Å². The smallest absolute Gasteiger partial charge is 0.341 e. The van der Waals surface area contributed by atoms with E-state index in [4.69, 9.17) is 0 Å². The maximum Gasteiger partial charge on any atom is 0.421 e. The summed E-state index contributed by atoms with van der Waals surface area (Å²) >= 11 is 0. The molecule has 0 bridgehead atoms.